The molecule has 4 N–H and O–H groups in total. The van der Waals surface area contributed by atoms with Gasteiger partial charge in [0.05, 0.1) is 12.6 Å². The van der Waals surface area contributed by atoms with Crippen LogP contribution in [0.15, 0.2) is 35.7 Å². The topological polar surface area (TPSA) is 179 Å². The van der Waals surface area contributed by atoms with Gasteiger partial charge in [-0.3, -0.25) is 28.8 Å². The number of aromatic nitrogens is 1. The van der Waals surface area contributed by atoms with Crippen LogP contribution in [-0.2, 0) is 35.1 Å². The second-order valence-electron chi connectivity index (χ2n) is 12.6. The molecule has 15 heteroatoms. The number of carbonyl (C=O) groups excluding carboxylic acids is 6. The van der Waals surface area contributed by atoms with Gasteiger partial charge in [-0.2, -0.15) is 0 Å². The van der Waals surface area contributed by atoms with Crippen LogP contribution in [0, 0.1) is 5.92 Å². The molecule has 260 valence electrons. The Morgan fingerprint density at radius 3 is 2.38 bits per heavy atom. The van der Waals surface area contributed by atoms with Crippen LogP contribution < -0.4 is 21.3 Å². The SMILES string of the molecule is CC(C)[C@@H]1NC(=O)[C@H](C)NC(=O)c2csc(n2)[C@H](Cc2ccccc2)NC(=O)CN(C(=O)[C@H]2CCCO2)CCN(C)C(=O)[C@@H](C)NC1=O. The van der Waals surface area contributed by atoms with E-state index in [1.165, 1.54) is 35.0 Å². The van der Waals surface area contributed by atoms with Crippen LogP contribution in [0.2, 0.25) is 0 Å². The highest BCUT2D eigenvalue weighted by atomic mass is 32.1. The first-order valence-electron chi connectivity index (χ1n) is 16.2. The van der Waals surface area contributed by atoms with E-state index in [1.807, 2.05) is 30.3 Å². The van der Waals surface area contributed by atoms with E-state index >= 15 is 0 Å². The average Bonchev–Trinajstić information content (AvgIpc) is 3.77. The molecule has 0 spiro atoms. The third-order valence-corrected chi connectivity index (χ3v) is 9.28. The predicted molar refractivity (Wildman–Crippen MR) is 178 cm³/mol. The van der Waals surface area contributed by atoms with Gasteiger partial charge in [0.1, 0.15) is 34.9 Å². The number of hydrogen-bond acceptors (Lipinski definition) is 9. The Hall–Kier alpha value is -4.37. The first-order valence-corrected chi connectivity index (χ1v) is 17.1. The minimum absolute atomic E-state index is 0.0442. The van der Waals surface area contributed by atoms with Crippen molar-refractivity contribution in [1.82, 2.24) is 36.1 Å². The Kier molecular flexibility index (Phi) is 12.6. The third-order valence-electron chi connectivity index (χ3n) is 8.32. The van der Waals surface area contributed by atoms with Crippen LogP contribution in [0.1, 0.15) is 67.6 Å². The average molecular weight is 684 g/mol. The molecule has 0 saturated carbocycles. The van der Waals surface area contributed by atoms with Gasteiger partial charge in [0, 0.05) is 32.1 Å². The molecule has 14 nitrogen and oxygen atoms in total. The van der Waals surface area contributed by atoms with Crippen LogP contribution in [0.5, 0.6) is 0 Å². The van der Waals surface area contributed by atoms with Crippen molar-refractivity contribution < 1.29 is 33.5 Å². The predicted octanol–water partition coefficient (Wildman–Crippen LogP) is 0.787. The number of fused-ring (bicyclic) bond motifs is 2. The molecule has 0 radical (unpaired) electrons. The van der Waals surface area contributed by atoms with Crippen LogP contribution in [-0.4, -0.2) is 108 Å². The molecule has 4 rings (SSSR count). The number of nitrogens with zero attached hydrogens (tertiary/aromatic N) is 3. The number of thiazole rings is 1. The third kappa shape index (κ3) is 9.60. The molecule has 2 bridgehead atoms. The minimum atomic E-state index is -1.01. The highest BCUT2D eigenvalue weighted by Gasteiger charge is 2.33. The molecule has 2 aliphatic rings. The molecule has 5 atom stereocenters. The molecule has 48 heavy (non-hydrogen) atoms. The lowest BCUT2D eigenvalue weighted by atomic mass is 10.0. The summed E-state index contributed by atoms with van der Waals surface area (Å²) in [5, 5.41) is 13.0. The number of ether oxygens (including phenoxy) is 1. The normalized spacial score (nSPS) is 25.5. The van der Waals surface area contributed by atoms with Gasteiger partial charge in [0.2, 0.25) is 23.6 Å². The maximum absolute atomic E-state index is 13.6. The fourth-order valence-electron chi connectivity index (χ4n) is 5.48. The van der Waals surface area contributed by atoms with Gasteiger partial charge >= 0.3 is 0 Å². The molecule has 1 aromatic heterocycles. The molecule has 1 aromatic carbocycles. The summed E-state index contributed by atoms with van der Waals surface area (Å²) in [6.45, 7) is 6.82. The standard InChI is InChI=1S/C33H45N7O7S/c1-19(2)27-30(44)35-21(4)32(45)39(5)13-14-40(33(46)25-12-9-15-47-25)17-26(41)36-23(16-22-10-7-6-8-11-22)31-37-24(18-48-31)29(43)34-20(3)28(42)38-27/h6-8,10-11,18-21,23,25,27H,9,12-17H2,1-5H3,(H,34,43)(H,35,44)(H,36,41)(H,38,42)/t20-,21+,23-,25+,27-/m0/s1. The number of amides is 6. The van der Waals surface area contributed by atoms with Gasteiger partial charge in [-0.1, -0.05) is 44.2 Å². The molecule has 3 heterocycles. The maximum Gasteiger partial charge on any atom is 0.271 e. The van der Waals surface area contributed by atoms with E-state index in [9.17, 15) is 28.8 Å². The Morgan fingerprint density at radius 1 is 0.979 bits per heavy atom. The van der Waals surface area contributed by atoms with Crippen LogP contribution in [0.4, 0.5) is 0 Å². The highest BCUT2D eigenvalue weighted by Crippen LogP contribution is 2.23. The number of likely N-dealkylation sites (N-methyl/N-ethyl adjacent to an activating group) is 1. The van der Waals surface area contributed by atoms with E-state index < -0.39 is 59.8 Å². The number of hydrogen-bond donors (Lipinski definition) is 4. The summed E-state index contributed by atoms with van der Waals surface area (Å²) in [4.78, 5) is 87.1. The van der Waals surface area contributed by atoms with Crippen molar-refractivity contribution in [3.63, 3.8) is 0 Å². The number of nitrogens with one attached hydrogen (secondary N) is 4. The molecule has 2 aliphatic heterocycles. The zero-order valence-electron chi connectivity index (χ0n) is 28.0. The van der Waals surface area contributed by atoms with Crippen LogP contribution in [0.25, 0.3) is 0 Å². The fourth-order valence-corrected chi connectivity index (χ4v) is 6.33. The summed E-state index contributed by atoms with van der Waals surface area (Å²) in [6, 6.07) is 5.91. The van der Waals surface area contributed by atoms with Crippen molar-refractivity contribution in [2.75, 3.05) is 33.3 Å². The molecule has 0 unspecified atom stereocenters. The zero-order chi connectivity index (χ0) is 35.0. The molecule has 2 aromatic rings. The Labute approximate surface area is 284 Å². The Bertz CT molecular complexity index is 1480. The summed E-state index contributed by atoms with van der Waals surface area (Å²) in [5.41, 5.74) is 0.987. The lowest BCUT2D eigenvalue weighted by Crippen LogP contribution is -2.57. The Morgan fingerprint density at radius 2 is 1.71 bits per heavy atom. The van der Waals surface area contributed by atoms with Gasteiger partial charge in [-0.15, -0.1) is 11.3 Å². The van der Waals surface area contributed by atoms with Gasteiger partial charge in [0.25, 0.3) is 11.8 Å². The van der Waals surface area contributed by atoms with Gasteiger partial charge in [0.15, 0.2) is 0 Å². The van der Waals surface area contributed by atoms with E-state index in [4.69, 9.17) is 4.74 Å². The molecule has 6 amide bonds. The van der Waals surface area contributed by atoms with E-state index in [2.05, 4.69) is 26.3 Å². The number of rotatable bonds is 4. The largest absolute Gasteiger partial charge is 0.368 e. The first kappa shape index (κ1) is 36.5. The Balaban J connectivity index is 1.65. The first-order chi connectivity index (χ1) is 22.8. The molecule has 0 aliphatic carbocycles. The second kappa shape index (κ2) is 16.6. The van der Waals surface area contributed by atoms with Crippen molar-refractivity contribution in [3.8, 4) is 0 Å². The summed E-state index contributed by atoms with van der Waals surface area (Å²) in [5.74, 6) is -3.28. The maximum atomic E-state index is 13.6. The highest BCUT2D eigenvalue weighted by molar-refractivity contribution is 7.09. The lowest BCUT2D eigenvalue weighted by Gasteiger charge is -2.30. The summed E-state index contributed by atoms with van der Waals surface area (Å²) < 4.78 is 5.62. The minimum Gasteiger partial charge on any atom is -0.368 e. The smallest absolute Gasteiger partial charge is 0.271 e. The number of carbonyl (C=O) groups is 6. The summed E-state index contributed by atoms with van der Waals surface area (Å²) >= 11 is 1.19. The fraction of sp³-hybridized carbons (Fsp3) is 0.545. The van der Waals surface area contributed by atoms with Gasteiger partial charge in [-0.25, -0.2) is 4.98 Å². The van der Waals surface area contributed by atoms with Crippen molar-refractivity contribution in [2.24, 2.45) is 5.92 Å². The molecular weight excluding hydrogens is 638 g/mol. The second-order valence-corrected chi connectivity index (χ2v) is 13.4. The molecular formula is C33H45N7O7S. The number of benzene rings is 1. The van der Waals surface area contributed by atoms with Crippen molar-refractivity contribution in [3.05, 3.63) is 52.0 Å². The molecule has 1 saturated heterocycles. The zero-order valence-corrected chi connectivity index (χ0v) is 28.8. The van der Waals surface area contributed by atoms with Gasteiger partial charge in [-0.05, 0) is 44.6 Å². The van der Waals surface area contributed by atoms with Crippen LogP contribution >= 0.6 is 11.3 Å². The van der Waals surface area contributed by atoms with Crippen molar-refractivity contribution in [2.45, 2.75) is 77.2 Å². The van der Waals surface area contributed by atoms with Crippen molar-refractivity contribution in [1.29, 1.82) is 0 Å². The van der Waals surface area contributed by atoms with E-state index in [1.54, 1.807) is 26.3 Å². The van der Waals surface area contributed by atoms with Crippen LogP contribution in [0.3, 0.4) is 0 Å². The quantitative estimate of drug-likeness (QED) is 0.365. The van der Waals surface area contributed by atoms with E-state index in [-0.39, 0.29) is 37.2 Å². The summed E-state index contributed by atoms with van der Waals surface area (Å²) in [6.07, 6.45) is 0.938. The summed E-state index contributed by atoms with van der Waals surface area (Å²) in [7, 11) is 1.55. The van der Waals surface area contributed by atoms with Crippen molar-refractivity contribution >= 4 is 46.8 Å². The van der Waals surface area contributed by atoms with E-state index in [0.29, 0.717) is 24.5 Å². The van der Waals surface area contributed by atoms with Gasteiger partial charge < -0.3 is 35.8 Å². The molecule has 1 fully saturated rings. The lowest BCUT2D eigenvalue weighted by molar-refractivity contribution is -0.145. The van der Waals surface area contributed by atoms with E-state index in [0.717, 1.165) is 12.0 Å². The monoisotopic (exact) mass is 683 g/mol.